The maximum atomic E-state index is 12.4. The van der Waals surface area contributed by atoms with E-state index in [9.17, 15) is 24.5 Å². The SMILES string of the molecule is O=C(Nc1ccc([N+](=O)[O-])cc1)c1cccc(CN2C(=O)CSC2=O)c1. The van der Waals surface area contributed by atoms with E-state index in [0.717, 1.165) is 16.7 Å². The van der Waals surface area contributed by atoms with Crippen molar-refractivity contribution in [2.45, 2.75) is 6.54 Å². The van der Waals surface area contributed by atoms with Crippen LogP contribution in [-0.4, -0.2) is 32.6 Å². The van der Waals surface area contributed by atoms with E-state index in [1.165, 1.54) is 24.3 Å². The molecule has 0 radical (unpaired) electrons. The number of nitrogens with zero attached hydrogens (tertiary/aromatic N) is 2. The molecule has 1 saturated heterocycles. The molecular weight excluding hydrogens is 358 g/mol. The smallest absolute Gasteiger partial charge is 0.289 e. The van der Waals surface area contributed by atoms with Crippen LogP contribution in [0.15, 0.2) is 48.5 Å². The minimum absolute atomic E-state index is 0.0668. The number of hydrogen-bond donors (Lipinski definition) is 1. The van der Waals surface area contributed by atoms with Crippen molar-refractivity contribution in [1.82, 2.24) is 4.90 Å². The van der Waals surface area contributed by atoms with Crippen LogP contribution in [0.1, 0.15) is 15.9 Å². The Bertz CT molecular complexity index is 882. The summed E-state index contributed by atoms with van der Waals surface area (Å²) in [5, 5.41) is 13.0. The molecule has 2 aromatic rings. The number of hydrogen-bond acceptors (Lipinski definition) is 6. The topological polar surface area (TPSA) is 110 Å². The van der Waals surface area contributed by atoms with Gasteiger partial charge in [-0.1, -0.05) is 23.9 Å². The van der Waals surface area contributed by atoms with Crippen LogP contribution in [0.5, 0.6) is 0 Å². The van der Waals surface area contributed by atoms with Crippen LogP contribution in [0.3, 0.4) is 0 Å². The largest absolute Gasteiger partial charge is 0.322 e. The number of anilines is 1. The molecule has 0 spiro atoms. The quantitative estimate of drug-likeness (QED) is 0.639. The fourth-order valence-electron chi connectivity index (χ4n) is 2.40. The van der Waals surface area contributed by atoms with Gasteiger partial charge in [0.05, 0.1) is 17.2 Å². The van der Waals surface area contributed by atoms with E-state index >= 15 is 0 Å². The van der Waals surface area contributed by atoms with Crippen LogP contribution >= 0.6 is 11.8 Å². The normalized spacial score (nSPS) is 13.8. The van der Waals surface area contributed by atoms with Crippen LogP contribution in [0.2, 0.25) is 0 Å². The Morgan fingerprint density at radius 2 is 1.92 bits per heavy atom. The molecule has 1 aliphatic rings. The fourth-order valence-corrected chi connectivity index (χ4v) is 3.12. The molecule has 0 saturated carbocycles. The van der Waals surface area contributed by atoms with Crippen LogP contribution < -0.4 is 5.32 Å². The van der Waals surface area contributed by atoms with E-state index in [-0.39, 0.29) is 29.1 Å². The van der Waals surface area contributed by atoms with Crippen molar-refractivity contribution in [3.05, 3.63) is 69.8 Å². The highest BCUT2D eigenvalue weighted by atomic mass is 32.2. The first kappa shape index (κ1) is 17.6. The highest BCUT2D eigenvalue weighted by molar-refractivity contribution is 8.14. The summed E-state index contributed by atoms with van der Waals surface area (Å²) in [6, 6.07) is 12.1. The van der Waals surface area contributed by atoms with E-state index in [0.29, 0.717) is 16.8 Å². The number of thioether (sulfide) groups is 1. The summed E-state index contributed by atoms with van der Waals surface area (Å²) in [6.07, 6.45) is 0. The molecule has 0 aliphatic carbocycles. The molecule has 1 heterocycles. The summed E-state index contributed by atoms with van der Waals surface area (Å²) < 4.78 is 0. The summed E-state index contributed by atoms with van der Waals surface area (Å²) >= 11 is 0.958. The second kappa shape index (κ2) is 7.36. The molecule has 2 aromatic carbocycles. The number of benzene rings is 2. The summed E-state index contributed by atoms with van der Waals surface area (Å²) in [6.45, 7) is 0.114. The second-order valence-corrected chi connectivity index (χ2v) is 6.42. The minimum Gasteiger partial charge on any atom is -0.322 e. The molecule has 0 unspecified atom stereocenters. The third-order valence-corrected chi connectivity index (χ3v) is 4.57. The van der Waals surface area contributed by atoms with Gasteiger partial charge in [0.1, 0.15) is 0 Å². The second-order valence-electron chi connectivity index (χ2n) is 5.49. The number of carbonyl (C=O) groups excluding carboxylic acids is 3. The monoisotopic (exact) mass is 371 g/mol. The van der Waals surface area contributed by atoms with Gasteiger partial charge in [-0.05, 0) is 29.8 Å². The zero-order valence-corrected chi connectivity index (χ0v) is 14.2. The Hall–Kier alpha value is -3.20. The van der Waals surface area contributed by atoms with Gasteiger partial charge >= 0.3 is 0 Å². The summed E-state index contributed by atoms with van der Waals surface area (Å²) in [5.41, 5.74) is 1.37. The van der Waals surface area contributed by atoms with Crippen molar-refractivity contribution >= 4 is 40.2 Å². The van der Waals surface area contributed by atoms with Crippen LogP contribution in [0, 0.1) is 10.1 Å². The lowest BCUT2D eigenvalue weighted by Gasteiger charge is -2.13. The Morgan fingerprint density at radius 1 is 1.19 bits per heavy atom. The van der Waals surface area contributed by atoms with Crippen molar-refractivity contribution in [1.29, 1.82) is 0 Å². The van der Waals surface area contributed by atoms with E-state index < -0.39 is 10.8 Å². The van der Waals surface area contributed by atoms with Gasteiger partial charge in [-0.25, -0.2) is 0 Å². The fraction of sp³-hybridized carbons (Fsp3) is 0.118. The lowest BCUT2D eigenvalue weighted by Crippen LogP contribution is -2.28. The predicted molar refractivity (Wildman–Crippen MR) is 95.9 cm³/mol. The first-order valence-corrected chi connectivity index (χ1v) is 8.54. The lowest BCUT2D eigenvalue weighted by atomic mass is 10.1. The maximum absolute atomic E-state index is 12.4. The van der Waals surface area contributed by atoms with E-state index in [1.54, 1.807) is 24.3 Å². The van der Waals surface area contributed by atoms with Gasteiger partial charge in [-0.2, -0.15) is 0 Å². The lowest BCUT2D eigenvalue weighted by molar-refractivity contribution is -0.384. The number of nitro groups is 1. The van der Waals surface area contributed by atoms with Crippen molar-refractivity contribution < 1.29 is 19.3 Å². The molecular formula is C17H13N3O5S. The average Bonchev–Trinajstić information content (AvgIpc) is 2.94. The molecule has 3 amide bonds. The minimum atomic E-state index is -0.520. The number of non-ortho nitro benzene ring substituents is 1. The van der Waals surface area contributed by atoms with Gasteiger partial charge in [0.25, 0.3) is 16.8 Å². The Labute approximate surface area is 152 Å². The number of carbonyl (C=O) groups is 3. The highest BCUT2D eigenvalue weighted by Crippen LogP contribution is 2.22. The molecule has 0 bridgehead atoms. The predicted octanol–water partition coefficient (Wildman–Crippen LogP) is 3.04. The summed E-state index contributed by atoms with van der Waals surface area (Å²) in [5.74, 6) is -0.506. The highest BCUT2D eigenvalue weighted by Gasteiger charge is 2.29. The molecule has 8 nitrogen and oxygen atoms in total. The number of rotatable bonds is 5. The number of nitro benzene ring substituents is 1. The maximum Gasteiger partial charge on any atom is 0.289 e. The molecule has 1 fully saturated rings. The molecule has 1 aliphatic heterocycles. The van der Waals surface area contributed by atoms with E-state index in [4.69, 9.17) is 0 Å². The third-order valence-electron chi connectivity index (χ3n) is 3.71. The first-order valence-electron chi connectivity index (χ1n) is 7.56. The zero-order chi connectivity index (χ0) is 18.7. The zero-order valence-electron chi connectivity index (χ0n) is 13.4. The van der Waals surface area contributed by atoms with Crippen LogP contribution in [0.4, 0.5) is 16.2 Å². The molecule has 26 heavy (non-hydrogen) atoms. The Kier molecular flexibility index (Phi) is 4.99. The number of amides is 3. The average molecular weight is 371 g/mol. The van der Waals surface area contributed by atoms with Gasteiger partial charge in [0.15, 0.2) is 0 Å². The van der Waals surface area contributed by atoms with E-state index in [1.807, 2.05) is 0 Å². The molecule has 0 aromatic heterocycles. The molecule has 3 rings (SSSR count). The summed E-state index contributed by atoms with van der Waals surface area (Å²) in [4.78, 5) is 47.0. The first-order chi connectivity index (χ1) is 12.4. The number of imide groups is 1. The molecule has 0 atom stereocenters. The van der Waals surface area contributed by atoms with Crippen molar-refractivity contribution in [3.63, 3.8) is 0 Å². The summed E-state index contributed by atoms with van der Waals surface area (Å²) in [7, 11) is 0. The van der Waals surface area contributed by atoms with Crippen molar-refractivity contribution in [3.8, 4) is 0 Å². The molecule has 9 heteroatoms. The van der Waals surface area contributed by atoms with Gasteiger partial charge in [0, 0.05) is 23.4 Å². The Morgan fingerprint density at radius 3 is 2.54 bits per heavy atom. The molecule has 132 valence electrons. The Balaban J connectivity index is 1.70. The van der Waals surface area contributed by atoms with Gasteiger partial charge in [0.2, 0.25) is 5.91 Å². The number of nitrogens with one attached hydrogen (secondary N) is 1. The van der Waals surface area contributed by atoms with Crippen LogP contribution in [0.25, 0.3) is 0 Å². The standard InChI is InChI=1S/C17H13N3O5S/c21-15-10-26-17(23)19(15)9-11-2-1-3-12(8-11)16(22)18-13-4-6-14(7-5-13)20(24)25/h1-8H,9-10H2,(H,18,22). The van der Waals surface area contributed by atoms with Gasteiger partial charge in [-0.3, -0.25) is 29.4 Å². The molecule has 1 N–H and O–H groups in total. The van der Waals surface area contributed by atoms with Gasteiger partial charge < -0.3 is 5.32 Å². The van der Waals surface area contributed by atoms with Crippen molar-refractivity contribution in [2.24, 2.45) is 0 Å². The third kappa shape index (κ3) is 3.89. The van der Waals surface area contributed by atoms with Crippen LogP contribution in [-0.2, 0) is 11.3 Å². The van der Waals surface area contributed by atoms with Gasteiger partial charge in [-0.15, -0.1) is 0 Å². The van der Waals surface area contributed by atoms with E-state index in [2.05, 4.69) is 5.32 Å². The van der Waals surface area contributed by atoms with Crippen molar-refractivity contribution in [2.75, 3.05) is 11.1 Å².